The minimum absolute atomic E-state index is 0.185. The molecule has 0 bridgehead atoms. The van der Waals surface area contributed by atoms with Crippen LogP contribution in [0.5, 0.6) is 0 Å². The zero-order chi connectivity index (χ0) is 15.8. The molecular formula is C16H37N3O. The van der Waals surface area contributed by atoms with Crippen molar-refractivity contribution in [2.24, 2.45) is 0 Å². The van der Waals surface area contributed by atoms with Gasteiger partial charge in [0.15, 0.2) is 0 Å². The van der Waals surface area contributed by atoms with E-state index < -0.39 is 0 Å². The Bertz CT molecular complexity index is 246. The molecule has 0 saturated carbocycles. The van der Waals surface area contributed by atoms with E-state index in [4.69, 9.17) is 0 Å². The predicted octanol–water partition coefficient (Wildman–Crippen LogP) is 1.79. The Morgan fingerprint density at radius 1 is 1.15 bits per heavy atom. The van der Waals surface area contributed by atoms with Crippen molar-refractivity contribution in [3.63, 3.8) is 0 Å². The molecule has 2 N–H and O–H groups in total. The zero-order valence-corrected chi connectivity index (χ0v) is 14.7. The van der Waals surface area contributed by atoms with Gasteiger partial charge in [-0.05, 0) is 60.4 Å². The van der Waals surface area contributed by atoms with Crippen LogP contribution in [-0.2, 0) is 0 Å². The molecule has 0 rings (SSSR count). The van der Waals surface area contributed by atoms with Gasteiger partial charge in [0, 0.05) is 17.6 Å². The maximum atomic E-state index is 9.70. The van der Waals surface area contributed by atoms with E-state index in [1.54, 1.807) is 0 Å². The maximum Gasteiger partial charge on any atom is 0.0611 e. The first-order valence-corrected chi connectivity index (χ1v) is 8.01. The molecule has 4 heteroatoms. The fraction of sp³-hybridized carbons (Fsp3) is 1.00. The van der Waals surface area contributed by atoms with Gasteiger partial charge >= 0.3 is 0 Å². The Morgan fingerprint density at radius 3 is 2.15 bits per heavy atom. The Hall–Kier alpha value is -0.160. The molecule has 0 spiro atoms. The summed E-state index contributed by atoms with van der Waals surface area (Å²) in [5.74, 6) is 0. The lowest BCUT2D eigenvalue weighted by Crippen LogP contribution is -2.53. The van der Waals surface area contributed by atoms with Gasteiger partial charge in [-0.1, -0.05) is 20.8 Å². The third-order valence-electron chi connectivity index (χ3n) is 3.81. The highest BCUT2D eigenvalue weighted by molar-refractivity contribution is 4.88. The SMILES string of the molecule is CCN(CCCN(C)C)C(C)CC(C)(CO)NC(C)C. The third-order valence-corrected chi connectivity index (χ3v) is 3.81. The number of nitrogens with zero attached hydrogens (tertiary/aromatic N) is 2. The standard InChI is InChI=1S/C16H37N3O/c1-8-19(11-9-10-18(6)7)15(4)12-16(5,13-20)17-14(2)3/h14-15,17,20H,8-13H2,1-7H3. The quantitative estimate of drug-likeness (QED) is 0.608. The first-order chi connectivity index (χ1) is 9.24. The van der Waals surface area contributed by atoms with Gasteiger partial charge in [-0.3, -0.25) is 0 Å². The summed E-state index contributed by atoms with van der Waals surface area (Å²) in [5, 5.41) is 13.2. The lowest BCUT2D eigenvalue weighted by molar-refractivity contribution is 0.109. The lowest BCUT2D eigenvalue weighted by Gasteiger charge is -2.37. The molecule has 0 amide bonds. The van der Waals surface area contributed by atoms with E-state index in [-0.39, 0.29) is 12.1 Å². The van der Waals surface area contributed by atoms with Gasteiger partial charge < -0.3 is 20.2 Å². The Morgan fingerprint density at radius 2 is 1.75 bits per heavy atom. The van der Waals surface area contributed by atoms with E-state index in [2.05, 4.69) is 63.8 Å². The summed E-state index contributed by atoms with van der Waals surface area (Å²) in [6.07, 6.45) is 2.16. The molecule has 0 aromatic heterocycles. The molecule has 4 nitrogen and oxygen atoms in total. The van der Waals surface area contributed by atoms with E-state index in [0.29, 0.717) is 12.1 Å². The van der Waals surface area contributed by atoms with Gasteiger partial charge in [0.2, 0.25) is 0 Å². The number of rotatable bonds is 11. The number of aliphatic hydroxyl groups excluding tert-OH is 1. The molecule has 122 valence electrons. The highest BCUT2D eigenvalue weighted by atomic mass is 16.3. The van der Waals surface area contributed by atoms with Gasteiger partial charge in [-0.15, -0.1) is 0 Å². The van der Waals surface area contributed by atoms with Crippen molar-refractivity contribution in [3.05, 3.63) is 0 Å². The van der Waals surface area contributed by atoms with Gasteiger partial charge in [-0.25, -0.2) is 0 Å². The van der Waals surface area contributed by atoms with Gasteiger partial charge in [0.25, 0.3) is 0 Å². The summed E-state index contributed by atoms with van der Waals surface area (Å²) in [4.78, 5) is 4.75. The molecular weight excluding hydrogens is 250 g/mol. The van der Waals surface area contributed by atoms with E-state index in [9.17, 15) is 5.11 Å². The topological polar surface area (TPSA) is 38.7 Å². The number of nitrogens with one attached hydrogen (secondary N) is 1. The molecule has 20 heavy (non-hydrogen) atoms. The molecule has 0 fully saturated rings. The Kier molecular flexibility index (Phi) is 9.64. The molecule has 0 radical (unpaired) electrons. The van der Waals surface area contributed by atoms with Crippen molar-refractivity contribution >= 4 is 0 Å². The fourth-order valence-corrected chi connectivity index (χ4v) is 2.93. The van der Waals surface area contributed by atoms with Crippen LogP contribution in [0, 0.1) is 0 Å². The molecule has 0 aliphatic heterocycles. The maximum absolute atomic E-state index is 9.70. The second-order valence-corrected chi connectivity index (χ2v) is 6.86. The van der Waals surface area contributed by atoms with Crippen molar-refractivity contribution in [3.8, 4) is 0 Å². The Labute approximate surface area is 126 Å². The molecule has 2 unspecified atom stereocenters. The van der Waals surface area contributed by atoms with Crippen LogP contribution in [0.15, 0.2) is 0 Å². The molecule has 0 aliphatic carbocycles. The van der Waals surface area contributed by atoms with Crippen molar-refractivity contribution in [1.82, 2.24) is 15.1 Å². The number of hydrogen-bond donors (Lipinski definition) is 2. The minimum Gasteiger partial charge on any atom is -0.394 e. The fourth-order valence-electron chi connectivity index (χ4n) is 2.93. The summed E-state index contributed by atoms with van der Waals surface area (Å²) in [6, 6.07) is 0.869. The summed E-state index contributed by atoms with van der Waals surface area (Å²) in [5.41, 5.74) is -0.192. The lowest BCUT2D eigenvalue weighted by atomic mass is 9.92. The van der Waals surface area contributed by atoms with E-state index in [0.717, 1.165) is 26.1 Å². The summed E-state index contributed by atoms with van der Waals surface area (Å²) in [6.45, 7) is 14.4. The molecule has 0 aromatic carbocycles. The van der Waals surface area contributed by atoms with Crippen LogP contribution in [0.2, 0.25) is 0 Å². The number of aliphatic hydroxyl groups is 1. The zero-order valence-electron chi connectivity index (χ0n) is 14.7. The average molecular weight is 287 g/mol. The smallest absolute Gasteiger partial charge is 0.0611 e. The van der Waals surface area contributed by atoms with Crippen LogP contribution >= 0.6 is 0 Å². The van der Waals surface area contributed by atoms with Gasteiger partial charge in [0.1, 0.15) is 0 Å². The second-order valence-electron chi connectivity index (χ2n) is 6.86. The van der Waals surface area contributed by atoms with E-state index in [1.807, 2.05) is 0 Å². The predicted molar refractivity (Wildman–Crippen MR) is 88.3 cm³/mol. The second kappa shape index (κ2) is 9.72. The number of hydrogen-bond acceptors (Lipinski definition) is 4. The summed E-state index contributed by atoms with van der Waals surface area (Å²) >= 11 is 0. The average Bonchev–Trinajstić information content (AvgIpc) is 2.33. The van der Waals surface area contributed by atoms with Crippen LogP contribution < -0.4 is 5.32 Å². The van der Waals surface area contributed by atoms with Crippen molar-refractivity contribution < 1.29 is 5.11 Å². The van der Waals surface area contributed by atoms with Crippen LogP contribution in [0.3, 0.4) is 0 Å². The van der Waals surface area contributed by atoms with E-state index >= 15 is 0 Å². The normalized spacial score (nSPS) is 16.9. The molecule has 0 heterocycles. The molecule has 2 atom stereocenters. The van der Waals surface area contributed by atoms with Crippen LogP contribution in [0.4, 0.5) is 0 Å². The first kappa shape index (κ1) is 19.8. The highest BCUT2D eigenvalue weighted by Gasteiger charge is 2.28. The summed E-state index contributed by atoms with van der Waals surface area (Å²) in [7, 11) is 4.24. The van der Waals surface area contributed by atoms with Crippen LogP contribution in [-0.4, -0.2) is 72.9 Å². The van der Waals surface area contributed by atoms with Gasteiger partial charge in [0.05, 0.1) is 6.61 Å². The van der Waals surface area contributed by atoms with Crippen molar-refractivity contribution in [1.29, 1.82) is 0 Å². The first-order valence-electron chi connectivity index (χ1n) is 8.01. The minimum atomic E-state index is -0.192. The highest BCUT2D eigenvalue weighted by Crippen LogP contribution is 2.17. The summed E-state index contributed by atoms with van der Waals surface area (Å²) < 4.78 is 0. The molecule has 0 aliphatic rings. The van der Waals surface area contributed by atoms with Gasteiger partial charge in [-0.2, -0.15) is 0 Å². The largest absolute Gasteiger partial charge is 0.394 e. The van der Waals surface area contributed by atoms with E-state index in [1.165, 1.54) is 6.42 Å². The van der Waals surface area contributed by atoms with Crippen LogP contribution in [0.25, 0.3) is 0 Å². The Balaban J connectivity index is 4.39. The van der Waals surface area contributed by atoms with Crippen LogP contribution in [0.1, 0.15) is 47.5 Å². The molecule has 0 saturated heterocycles. The molecule has 0 aromatic rings. The van der Waals surface area contributed by atoms with Crippen molar-refractivity contribution in [2.45, 2.75) is 65.1 Å². The monoisotopic (exact) mass is 287 g/mol. The third kappa shape index (κ3) is 8.20. The van der Waals surface area contributed by atoms with Crippen molar-refractivity contribution in [2.75, 3.05) is 40.3 Å².